The first-order valence-electron chi connectivity index (χ1n) is 9.06. The molecule has 1 atom stereocenters. The maximum atomic E-state index is 12.1. The van der Waals surface area contributed by atoms with E-state index in [4.69, 9.17) is 18.0 Å². The Morgan fingerprint density at radius 2 is 1.90 bits per heavy atom. The van der Waals surface area contributed by atoms with Crippen LogP contribution in [-0.2, 0) is 21.7 Å². The zero-order valence-corrected chi connectivity index (χ0v) is 17.6. The van der Waals surface area contributed by atoms with E-state index in [1.807, 2.05) is 12.1 Å². The first kappa shape index (κ1) is 20.2. The van der Waals surface area contributed by atoms with E-state index in [0.29, 0.717) is 23.5 Å². The Labute approximate surface area is 177 Å². The molecule has 1 heterocycles. The van der Waals surface area contributed by atoms with E-state index >= 15 is 0 Å². The second-order valence-electron chi connectivity index (χ2n) is 7.26. The zero-order valence-electron chi connectivity index (χ0n) is 16.0. The number of benzene rings is 2. The van der Waals surface area contributed by atoms with Crippen molar-refractivity contribution in [2.24, 2.45) is 5.73 Å². The first-order chi connectivity index (χ1) is 14.1. The van der Waals surface area contributed by atoms with Crippen molar-refractivity contribution in [3.8, 4) is 5.69 Å². The van der Waals surface area contributed by atoms with Gasteiger partial charge in [0.25, 0.3) is 5.56 Å². The summed E-state index contributed by atoms with van der Waals surface area (Å²) in [6.45, 7) is 0. The van der Waals surface area contributed by atoms with E-state index in [1.165, 1.54) is 0 Å². The highest BCUT2D eigenvalue weighted by Crippen LogP contribution is 2.45. The van der Waals surface area contributed by atoms with E-state index in [2.05, 4.69) is 10.1 Å². The van der Waals surface area contributed by atoms with Crippen LogP contribution in [0, 0.1) is 0 Å². The zero-order chi connectivity index (χ0) is 21.7. The lowest BCUT2D eigenvalue weighted by atomic mass is 9.75. The van der Waals surface area contributed by atoms with Gasteiger partial charge in [-0.3, -0.25) is 9.78 Å². The van der Waals surface area contributed by atoms with Crippen molar-refractivity contribution in [1.29, 1.82) is 0 Å². The number of aromatic amines is 1. The number of fused-ring (bicyclic) bond motifs is 1. The topological polar surface area (TPSA) is 128 Å². The molecule has 1 aliphatic carbocycles. The number of hydrogen-bond acceptors (Lipinski definition) is 6. The lowest BCUT2D eigenvalue weighted by Crippen LogP contribution is -2.39. The largest absolute Gasteiger partial charge is 0.392 e. The van der Waals surface area contributed by atoms with Crippen LogP contribution in [-0.4, -0.2) is 34.4 Å². The van der Waals surface area contributed by atoms with Gasteiger partial charge in [-0.25, -0.2) is 13.2 Å². The molecule has 2 aromatic carbocycles. The van der Waals surface area contributed by atoms with Crippen molar-refractivity contribution in [2.45, 2.75) is 23.2 Å². The van der Waals surface area contributed by atoms with Crippen LogP contribution in [0.15, 0.2) is 63.1 Å². The van der Waals surface area contributed by atoms with Crippen molar-refractivity contribution in [3.63, 3.8) is 0 Å². The van der Waals surface area contributed by atoms with Gasteiger partial charge in [0.2, 0.25) is 0 Å². The fourth-order valence-electron chi connectivity index (χ4n) is 4.01. The quantitative estimate of drug-likeness (QED) is 0.573. The highest BCUT2D eigenvalue weighted by atomic mass is 32.2. The fourth-order valence-corrected chi connectivity index (χ4v) is 4.97. The molecule has 8 nitrogen and oxygen atoms in total. The van der Waals surface area contributed by atoms with Crippen molar-refractivity contribution < 1.29 is 8.42 Å². The molecular weight excluding hydrogens is 424 g/mol. The summed E-state index contributed by atoms with van der Waals surface area (Å²) in [5, 5.41) is 3.89. The lowest BCUT2D eigenvalue weighted by molar-refractivity contribution is 0.601. The highest BCUT2D eigenvalue weighted by molar-refractivity contribution is 7.90. The number of nitrogens with zero attached hydrogens (tertiary/aromatic N) is 2. The predicted molar refractivity (Wildman–Crippen MR) is 116 cm³/mol. The molecule has 0 amide bonds. The molecule has 154 valence electrons. The van der Waals surface area contributed by atoms with Crippen LogP contribution in [0.4, 0.5) is 0 Å². The van der Waals surface area contributed by atoms with Gasteiger partial charge < -0.3 is 5.73 Å². The average Bonchev–Trinajstić information content (AvgIpc) is 3.07. The third-order valence-corrected chi connectivity index (χ3v) is 6.95. The van der Waals surface area contributed by atoms with Crippen LogP contribution >= 0.6 is 12.2 Å². The van der Waals surface area contributed by atoms with E-state index < -0.39 is 26.5 Å². The second-order valence-corrected chi connectivity index (χ2v) is 9.71. The van der Waals surface area contributed by atoms with E-state index in [0.717, 1.165) is 33.8 Å². The molecule has 0 radical (unpaired) electrons. The molecule has 0 fully saturated rings. The summed E-state index contributed by atoms with van der Waals surface area (Å²) in [5.41, 5.74) is 7.46. The summed E-state index contributed by atoms with van der Waals surface area (Å²) >= 11 is 5.45. The minimum absolute atomic E-state index is 0.224. The highest BCUT2D eigenvalue weighted by Gasteiger charge is 2.43. The number of nitrogens with two attached hydrogens (primary N) is 1. The Morgan fingerprint density at radius 3 is 2.50 bits per heavy atom. The first-order valence-corrected chi connectivity index (χ1v) is 11.4. The maximum absolute atomic E-state index is 12.1. The third kappa shape index (κ3) is 3.17. The molecule has 3 aromatic rings. The lowest BCUT2D eigenvalue weighted by Gasteiger charge is -2.30. The molecule has 30 heavy (non-hydrogen) atoms. The van der Waals surface area contributed by atoms with Gasteiger partial charge in [0.05, 0.1) is 21.0 Å². The minimum Gasteiger partial charge on any atom is -0.392 e. The molecular formula is C20H18N4O4S2. The van der Waals surface area contributed by atoms with Crippen LogP contribution in [0.25, 0.3) is 5.69 Å². The minimum atomic E-state index is -3.32. The number of thiocarbonyl (C=S) groups is 1. The Balaban J connectivity index is 1.84. The molecule has 1 aliphatic rings. The maximum Gasteiger partial charge on any atom is 0.349 e. The molecule has 10 heteroatoms. The number of nitrogens with one attached hydrogen (secondary N) is 1. The second kappa shape index (κ2) is 6.99. The molecule has 0 bridgehead atoms. The normalized spacial score (nSPS) is 18.2. The summed E-state index contributed by atoms with van der Waals surface area (Å²) in [7, 11) is -3.32. The van der Waals surface area contributed by atoms with Crippen molar-refractivity contribution in [1.82, 2.24) is 14.8 Å². The van der Waals surface area contributed by atoms with Gasteiger partial charge >= 0.3 is 5.69 Å². The average molecular weight is 443 g/mol. The third-order valence-electron chi connectivity index (χ3n) is 5.47. The summed E-state index contributed by atoms with van der Waals surface area (Å²) in [4.78, 5) is 26.0. The molecule has 1 unspecified atom stereocenters. The molecule has 0 aliphatic heterocycles. The monoisotopic (exact) mass is 442 g/mol. The number of aromatic nitrogens is 3. The number of hydrogen-bond donors (Lipinski definition) is 2. The van der Waals surface area contributed by atoms with Crippen molar-refractivity contribution in [2.75, 3.05) is 6.26 Å². The summed E-state index contributed by atoms with van der Waals surface area (Å²) < 4.78 is 24.7. The van der Waals surface area contributed by atoms with Gasteiger partial charge in [-0.15, -0.1) is 0 Å². The Bertz CT molecular complexity index is 1390. The van der Waals surface area contributed by atoms with E-state index in [1.54, 1.807) is 30.3 Å². The van der Waals surface area contributed by atoms with E-state index in [9.17, 15) is 18.0 Å². The Kier molecular flexibility index (Phi) is 4.70. The molecule has 3 N–H and O–H groups in total. The molecule has 0 saturated carbocycles. The molecule has 0 saturated heterocycles. The smallest absolute Gasteiger partial charge is 0.349 e. The molecule has 4 rings (SSSR count). The summed E-state index contributed by atoms with van der Waals surface area (Å²) in [6.07, 6.45) is 3.47. The number of aryl methyl sites for hydroxylation is 1. The van der Waals surface area contributed by atoms with Gasteiger partial charge in [0, 0.05) is 6.26 Å². The summed E-state index contributed by atoms with van der Waals surface area (Å²) in [6, 6.07) is 12.0. The van der Waals surface area contributed by atoms with Crippen LogP contribution in [0.1, 0.15) is 23.1 Å². The van der Waals surface area contributed by atoms with Gasteiger partial charge in [-0.05, 0) is 53.8 Å². The predicted octanol–water partition coefficient (Wildman–Crippen LogP) is 0.843. The fraction of sp³-hybridized carbons (Fsp3) is 0.200. The van der Waals surface area contributed by atoms with Crippen LogP contribution in [0.3, 0.4) is 0 Å². The summed E-state index contributed by atoms with van der Waals surface area (Å²) in [5.74, 6) is 0. The van der Waals surface area contributed by atoms with Crippen molar-refractivity contribution in [3.05, 3.63) is 86.2 Å². The van der Waals surface area contributed by atoms with E-state index in [-0.39, 0.29) is 4.90 Å². The van der Waals surface area contributed by atoms with Gasteiger partial charge in [-0.1, -0.05) is 30.4 Å². The molecule has 0 spiro atoms. The Hall–Kier alpha value is -3.11. The van der Waals surface area contributed by atoms with Gasteiger partial charge in [0.15, 0.2) is 9.84 Å². The Morgan fingerprint density at radius 1 is 1.20 bits per heavy atom. The van der Waals surface area contributed by atoms with Crippen LogP contribution in [0.5, 0.6) is 0 Å². The van der Waals surface area contributed by atoms with Gasteiger partial charge in [0.1, 0.15) is 6.20 Å². The standard InChI is InChI=1S/C20H18N4O4S2/c1-30(27,28)15-5-2-13(3-6-15)20(18(21)29)9-8-12-10-14(4-7-16(12)20)24-19(26)23-17(25)11-22-24/h2-7,10-11H,8-9H2,1H3,(H2,21,29)(H,23,25,26). The number of H-pyrrole nitrogens is 1. The van der Waals surface area contributed by atoms with Crippen molar-refractivity contribution >= 4 is 27.0 Å². The van der Waals surface area contributed by atoms with Crippen LogP contribution < -0.4 is 17.0 Å². The SMILES string of the molecule is CS(=O)(=O)c1ccc(C2(C(N)=S)CCc3cc(-n4ncc(=O)[nH]c4=O)ccc32)cc1. The number of sulfone groups is 1. The number of rotatable bonds is 4. The van der Waals surface area contributed by atoms with Crippen LogP contribution in [0.2, 0.25) is 0 Å². The molecule has 1 aromatic heterocycles. The van der Waals surface area contributed by atoms with Gasteiger partial charge in [-0.2, -0.15) is 9.78 Å².